The Bertz CT molecular complexity index is 1820. The highest BCUT2D eigenvalue weighted by atomic mass is 35.5. The average Bonchev–Trinajstić information content (AvgIpc) is 3.76. The number of carbonyl (C=O) groups is 1. The summed E-state index contributed by atoms with van der Waals surface area (Å²) in [6, 6.07) is 8.27. The van der Waals surface area contributed by atoms with Gasteiger partial charge in [0.15, 0.2) is 17.1 Å². The summed E-state index contributed by atoms with van der Waals surface area (Å²) in [6.07, 6.45) is 1.54. The molecule has 7 rings (SSSR count). The number of aromatic nitrogens is 5. The van der Waals surface area contributed by atoms with Crippen LogP contribution < -0.4 is 20.8 Å². The number of piperazine rings is 2. The first kappa shape index (κ1) is 29.0. The largest absolute Gasteiger partial charge is 0.461 e. The maximum atomic E-state index is 15.1. The van der Waals surface area contributed by atoms with Gasteiger partial charge in [-0.1, -0.05) is 11.3 Å². The van der Waals surface area contributed by atoms with Crippen molar-refractivity contribution in [2.45, 2.75) is 6.54 Å². The predicted octanol–water partition coefficient (Wildman–Crippen LogP) is 1.77. The van der Waals surface area contributed by atoms with Crippen molar-refractivity contribution >= 4 is 57.3 Å². The van der Waals surface area contributed by atoms with Crippen molar-refractivity contribution in [1.82, 2.24) is 39.3 Å². The van der Waals surface area contributed by atoms with Crippen molar-refractivity contribution in [2.24, 2.45) is 0 Å². The summed E-state index contributed by atoms with van der Waals surface area (Å²) in [5, 5.41) is 7.61. The number of carbonyl (C=O) groups excluding carboxylic acids is 1. The minimum absolute atomic E-state index is 0. The van der Waals surface area contributed by atoms with E-state index in [0.717, 1.165) is 24.4 Å². The zero-order valence-electron chi connectivity index (χ0n) is 23.1. The molecule has 16 heteroatoms. The molecule has 2 aliphatic heterocycles. The Morgan fingerprint density at radius 2 is 1.84 bits per heavy atom. The van der Waals surface area contributed by atoms with Gasteiger partial charge in [-0.3, -0.25) is 19.1 Å². The number of rotatable bonds is 6. The fraction of sp³-hybridized carbons (Fsp3) is 0.370. The van der Waals surface area contributed by atoms with Crippen LogP contribution in [0.5, 0.6) is 0 Å². The number of nitrogens with one attached hydrogen (secondary N) is 1. The van der Waals surface area contributed by atoms with Crippen LogP contribution in [0.3, 0.4) is 0 Å². The number of furan rings is 1. The Hall–Kier alpha value is -4.05. The van der Waals surface area contributed by atoms with E-state index in [1.54, 1.807) is 33.7 Å². The Labute approximate surface area is 255 Å². The van der Waals surface area contributed by atoms with Crippen molar-refractivity contribution < 1.29 is 13.6 Å². The third-order valence-corrected chi connectivity index (χ3v) is 8.77. The Balaban J connectivity index is 0.00000329. The van der Waals surface area contributed by atoms with Crippen LogP contribution in [0.15, 0.2) is 45.8 Å². The van der Waals surface area contributed by atoms with Gasteiger partial charge in [-0.2, -0.15) is 9.50 Å². The molecule has 5 aromatic rings. The number of hydrogen-bond acceptors (Lipinski definition) is 11. The monoisotopic (exact) mass is 628 g/mol. The van der Waals surface area contributed by atoms with Gasteiger partial charge in [-0.25, -0.2) is 9.37 Å². The van der Waals surface area contributed by atoms with E-state index in [2.05, 4.69) is 25.3 Å². The van der Waals surface area contributed by atoms with E-state index in [9.17, 15) is 9.59 Å². The number of anilines is 2. The van der Waals surface area contributed by atoms with Crippen LogP contribution in [0, 0.1) is 5.82 Å². The van der Waals surface area contributed by atoms with E-state index in [-0.39, 0.29) is 35.0 Å². The number of fused-ring (bicyclic) bond motifs is 3. The number of benzene rings is 1. The maximum absolute atomic E-state index is 15.1. The van der Waals surface area contributed by atoms with Gasteiger partial charge in [-0.15, -0.1) is 17.5 Å². The van der Waals surface area contributed by atoms with E-state index in [1.165, 1.54) is 16.8 Å². The second kappa shape index (κ2) is 11.9. The Morgan fingerprint density at radius 1 is 1.05 bits per heavy atom. The number of nitrogens with two attached hydrogens (primary N) is 1. The number of amides is 1. The summed E-state index contributed by atoms with van der Waals surface area (Å²) in [5.74, 6) is 0.465. The third kappa shape index (κ3) is 5.44. The van der Waals surface area contributed by atoms with Gasteiger partial charge in [0.05, 0.1) is 12.0 Å². The molecular formula is C27H30ClFN10O3S. The van der Waals surface area contributed by atoms with Gasteiger partial charge in [-0.05, 0) is 30.3 Å². The molecule has 0 bridgehead atoms. The normalized spacial score (nSPS) is 16.2. The molecule has 43 heavy (non-hydrogen) atoms. The van der Waals surface area contributed by atoms with Crippen LogP contribution in [0.2, 0.25) is 0 Å². The van der Waals surface area contributed by atoms with Gasteiger partial charge in [0.2, 0.25) is 11.8 Å². The van der Waals surface area contributed by atoms with Crippen molar-refractivity contribution in [3.8, 4) is 11.6 Å². The van der Waals surface area contributed by atoms with E-state index in [4.69, 9.17) is 10.2 Å². The summed E-state index contributed by atoms with van der Waals surface area (Å²) >= 11 is 1.06. The first-order valence-corrected chi connectivity index (χ1v) is 14.6. The number of nitrogen functional groups attached to an aromatic ring is 1. The topological polar surface area (TPSA) is 143 Å². The van der Waals surface area contributed by atoms with Gasteiger partial charge in [0.1, 0.15) is 10.5 Å². The lowest BCUT2D eigenvalue weighted by molar-refractivity contribution is 0.0735. The number of nitrogens with zero attached hydrogens (tertiary/aromatic N) is 8. The van der Waals surface area contributed by atoms with E-state index >= 15 is 4.39 Å². The standard InChI is InChI=1S/C27H29FN10O3S.ClH/c28-18-16-17(25(39)36-7-5-30-6-8-36)3-4-19(18)35-12-9-34(10-13-35)11-14-37-23-21(42-27(37)40)24-31-22(20-2-1-15-41-20)33-38(24)26(29)32-23;/h1-4,15-16,30H,5-14H2,(H2,29,32);1H. The molecule has 0 radical (unpaired) electrons. The number of halogens is 2. The molecule has 0 atom stereocenters. The van der Waals surface area contributed by atoms with Crippen molar-refractivity contribution in [2.75, 3.05) is 69.5 Å². The summed E-state index contributed by atoms with van der Waals surface area (Å²) in [7, 11) is 0. The van der Waals surface area contributed by atoms with E-state index in [0.29, 0.717) is 91.2 Å². The third-order valence-electron chi connectivity index (χ3n) is 7.81. The zero-order valence-corrected chi connectivity index (χ0v) is 24.7. The Morgan fingerprint density at radius 3 is 2.56 bits per heavy atom. The minimum atomic E-state index is -0.389. The number of thiazole rings is 1. The quantitative estimate of drug-likeness (QED) is 0.286. The molecule has 226 valence electrons. The van der Waals surface area contributed by atoms with Crippen LogP contribution in [-0.2, 0) is 6.54 Å². The molecule has 13 nitrogen and oxygen atoms in total. The molecule has 1 amide bonds. The average molecular weight is 629 g/mol. The highest BCUT2D eigenvalue weighted by molar-refractivity contribution is 7.17. The van der Waals surface area contributed by atoms with Gasteiger partial charge < -0.3 is 25.3 Å². The van der Waals surface area contributed by atoms with Crippen LogP contribution >= 0.6 is 23.7 Å². The maximum Gasteiger partial charge on any atom is 0.309 e. The fourth-order valence-electron chi connectivity index (χ4n) is 5.54. The van der Waals surface area contributed by atoms with Crippen LogP contribution in [0.1, 0.15) is 10.4 Å². The SMILES string of the molecule is Cl.Nc1nc2c(sc(=O)n2CCN2CCN(c3ccc(C(=O)N4CCNCC4)cc3F)CC2)c2nc(-c3ccco3)nn12. The molecule has 0 aliphatic carbocycles. The van der Waals surface area contributed by atoms with Crippen LogP contribution in [-0.4, -0.2) is 98.8 Å². The molecule has 1 aromatic carbocycles. The molecule has 2 saturated heterocycles. The molecule has 2 fully saturated rings. The molecule has 2 aliphatic rings. The molecule has 0 saturated carbocycles. The molecule has 3 N–H and O–H groups in total. The first-order valence-electron chi connectivity index (χ1n) is 13.8. The van der Waals surface area contributed by atoms with Crippen molar-refractivity contribution in [1.29, 1.82) is 0 Å². The van der Waals surface area contributed by atoms with Crippen LogP contribution in [0.4, 0.5) is 16.0 Å². The lowest BCUT2D eigenvalue weighted by Crippen LogP contribution is -2.48. The van der Waals surface area contributed by atoms with Crippen molar-refractivity contribution in [3.63, 3.8) is 0 Å². The Kier molecular flexibility index (Phi) is 8.05. The first-order chi connectivity index (χ1) is 20.5. The second-order valence-electron chi connectivity index (χ2n) is 10.3. The van der Waals surface area contributed by atoms with Gasteiger partial charge in [0, 0.05) is 71.0 Å². The molecule has 0 spiro atoms. The summed E-state index contributed by atoms with van der Waals surface area (Å²) in [4.78, 5) is 40.6. The minimum Gasteiger partial charge on any atom is -0.461 e. The highest BCUT2D eigenvalue weighted by Crippen LogP contribution is 2.26. The second-order valence-corrected chi connectivity index (χ2v) is 11.3. The summed E-state index contributed by atoms with van der Waals surface area (Å²) in [5.41, 5.74) is 8.00. The number of hydrogen-bond donors (Lipinski definition) is 2. The van der Waals surface area contributed by atoms with E-state index in [1.807, 2.05) is 4.90 Å². The lowest BCUT2D eigenvalue weighted by atomic mass is 10.1. The molecule has 4 aromatic heterocycles. The smallest absolute Gasteiger partial charge is 0.309 e. The van der Waals surface area contributed by atoms with Gasteiger partial charge >= 0.3 is 4.87 Å². The fourth-order valence-corrected chi connectivity index (χ4v) is 6.47. The summed E-state index contributed by atoms with van der Waals surface area (Å²) < 4.78 is 24.2. The summed E-state index contributed by atoms with van der Waals surface area (Å²) in [6.45, 7) is 6.45. The lowest BCUT2D eigenvalue weighted by Gasteiger charge is -2.36. The van der Waals surface area contributed by atoms with Crippen molar-refractivity contribution in [3.05, 3.63) is 57.6 Å². The zero-order chi connectivity index (χ0) is 28.8. The van der Waals surface area contributed by atoms with Crippen LogP contribution in [0.25, 0.3) is 27.6 Å². The van der Waals surface area contributed by atoms with E-state index < -0.39 is 0 Å². The molecule has 0 unspecified atom stereocenters. The molecular weight excluding hydrogens is 599 g/mol. The highest BCUT2D eigenvalue weighted by Gasteiger charge is 2.24. The molecule has 6 heterocycles. The predicted molar refractivity (Wildman–Crippen MR) is 164 cm³/mol. The van der Waals surface area contributed by atoms with Gasteiger partial charge in [0.25, 0.3) is 5.91 Å².